The van der Waals surface area contributed by atoms with Crippen molar-refractivity contribution in [2.75, 3.05) is 26.4 Å². The first-order chi connectivity index (χ1) is 30.5. The Bertz CT molecular complexity index is 2150. The van der Waals surface area contributed by atoms with Crippen molar-refractivity contribution in [1.29, 1.82) is 0 Å². The van der Waals surface area contributed by atoms with E-state index < -0.39 is 0 Å². The number of phenols is 2. The first-order valence-electron chi connectivity index (χ1n) is 23.8. The maximum atomic E-state index is 12.9. The van der Waals surface area contributed by atoms with E-state index in [9.17, 15) is 10.2 Å². The lowest BCUT2D eigenvalue weighted by Crippen LogP contribution is -2.02. The van der Waals surface area contributed by atoms with Crippen molar-refractivity contribution < 1.29 is 29.2 Å². The van der Waals surface area contributed by atoms with Crippen LogP contribution < -0.4 is 18.9 Å². The molecule has 0 aliphatic rings. The Morgan fingerprint density at radius 2 is 0.710 bits per heavy atom. The zero-order valence-electron chi connectivity index (χ0n) is 37.9. The minimum atomic E-state index is 0.0637. The smallest absolute Gasteiger partial charge is 0.132 e. The number of unbranched alkanes of at least 4 members (excludes halogenated alkanes) is 12. The molecule has 6 rings (SSSR count). The van der Waals surface area contributed by atoms with E-state index in [1.54, 1.807) is 0 Å². The van der Waals surface area contributed by atoms with Gasteiger partial charge in [-0.3, -0.25) is 0 Å². The third-order valence-corrected chi connectivity index (χ3v) is 11.8. The number of hydrogen-bond donors (Lipinski definition) is 2. The molecule has 0 spiro atoms. The van der Waals surface area contributed by atoms with E-state index in [2.05, 4.69) is 39.8 Å². The van der Waals surface area contributed by atoms with Gasteiger partial charge in [0.1, 0.15) is 34.5 Å². The van der Waals surface area contributed by atoms with Gasteiger partial charge in [0, 0.05) is 33.4 Å². The van der Waals surface area contributed by atoms with Crippen molar-refractivity contribution in [3.05, 3.63) is 97.1 Å². The summed E-state index contributed by atoms with van der Waals surface area (Å²) < 4.78 is 25.7. The lowest BCUT2D eigenvalue weighted by atomic mass is 9.86. The van der Waals surface area contributed by atoms with Gasteiger partial charge in [-0.05, 0) is 95.8 Å². The van der Waals surface area contributed by atoms with Crippen molar-refractivity contribution in [1.82, 2.24) is 0 Å². The summed E-state index contributed by atoms with van der Waals surface area (Å²) in [5.74, 6) is 2.96. The van der Waals surface area contributed by atoms with E-state index in [4.69, 9.17) is 18.9 Å². The highest BCUT2D eigenvalue weighted by molar-refractivity contribution is 6.14. The van der Waals surface area contributed by atoms with Gasteiger partial charge in [0.2, 0.25) is 0 Å². The average Bonchev–Trinajstić information content (AvgIpc) is 3.29. The molecule has 0 saturated carbocycles. The lowest BCUT2D eigenvalue weighted by Gasteiger charge is -2.21. The highest BCUT2D eigenvalue weighted by Gasteiger charge is 2.26. The maximum Gasteiger partial charge on any atom is 0.132 e. The topological polar surface area (TPSA) is 77.4 Å². The van der Waals surface area contributed by atoms with Crippen molar-refractivity contribution in [2.45, 2.75) is 130 Å². The monoisotopic (exact) mass is 839 g/mol. The van der Waals surface area contributed by atoms with Gasteiger partial charge >= 0.3 is 0 Å². The van der Waals surface area contributed by atoms with Crippen LogP contribution in [0.4, 0.5) is 0 Å². The minimum absolute atomic E-state index is 0.0637. The van der Waals surface area contributed by atoms with Crippen molar-refractivity contribution >= 4 is 21.5 Å². The van der Waals surface area contributed by atoms with Crippen LogP contribution in [0.15, 0.2) is 97.1 Å². The van der Waals surface area contributed by atoms with E-state index in [-0.39, 0.29) is 11.5 Å². The standard InChI is InChI=1S/C56H70O6/c1-5-9-13-21-33-59-43-29-31-51(61-35-23-15-11-7-3)47(39-43)49-37-41-25-17-19-27-45(41)53(55(49)57)54-46-28-20-18-26-42(46)38-50(56(54)58)48-40-44(60-34-22-14-10-6-2)30-32-52(48)62-36-24-16-12-8-4/h17-20,25-32,37-40,57-58H,5-16,21-24,33-36H2,1-4H3. The van der Waals surface area contributed by atoms with Crippen molar-refractivity contribution in [3.63, 3.8) is 0 Å². The van der Waals surface area contributed by atoms with Gasteiger partial charge in [-0.15, -0.1) is 0 Å². The van der Waals surface area contributed by atoms with E-state index in [0.717, 1.165) is 121 Å². The predicted molar refractivity (Wildman–Crippen MR) is 260 cm³/mol. The summed E-state index contributed by atoms with van der Waals surface area (Å²) in [7, 11) is 0. The number of rotatable bonds is 27. The number of fused-ring (bicyclic) bond motifs is 2. The largest absolute Gasteiger partial charge is 0.507 e. The fourth-order valence-electron chi connectivity index (χ4n) is 8.32. The normalized spacial score (nSPS) is 11.4. The molecule has 6 nitrogen and oxygen atoms in total. The summed E-state index contributed by atoms with van der Waals surface area (Å²) in [4.78, 5) is 0. The molecule has 0 atom stereocenters. The Balaban J connectivity index is 1.52. The van der Waals surface area contributed by atoms with Crippen LogP contribution >= 0.6 is 0 Å². The molecular formula is C56H70O6. The molecule has 2 N–H and O–H groups in total. The molecule has 0 amide bonds. The number of aromatic hydroxyl groups is 2. The molecule has 330 valence electrons. The SMILES string of the molecule is CCCCCCOc1ccc(OCCCCCC)c(-c2cc3ccccc3c(-c3c(O)c(-c4cc(OCCCCCC)ccc4OCCCCCC)cc4ccccc34)c2O)c1. The number of phenolic OH excluding ortho intramolecular Hbond substituents is 2. The second kappa shape index (κ2) is 24.3. The summed E-state index contributed by atoms with van der Waals surface area (Å²) in [6.45, 7) is 11.2. The Morgan fingerprint density at radius 3 is 1.08 bits per heavy atom. The maximum absolute atomic E-state index is 12.9. The molecule has 0 heterocycles. The predicted octanol–water partition coefficient (Wildman–Crippen LogP) is 16.2. The Hall–Kier alpha value is -5.36. The second-order valence-corrected chi connectivity index (χ2v) is 16.7. The van der Waals surface area contributed by atoms with Crippen molar-refractivity contribution in [3.8, 4) is 67.9 Å². The van der Waals surface area contributed by atoms with Crippen LogP contribution in [0.2, 0.25) is 0 Å². The van der Waals surface area contributed by atoms with Gasteiger partial charge in [0.25, 0.3) is 0 Å². The van der Waals surface area contributed by atoms with Crippen LogP contribution in [0.5, 0.6) is 34.5 Å². The molecule has 0 aliphatic heterocycles. The Morgan fingerprint density at radius 1 is 0.355 bits per heavy atom. The summed E-state index contributed by atoms with van der Waals surface area (Å²) in [5, 5.41) is 29.2. The zero-order valence-corrected chi connectivity index (χ0v) is 37.9. The first kappa shape index (κ1) is 46.2. The molecule has 6 aromatic carbocycles. The lowest BCUT2D eigenvalue weighted by molar-refractivity contribution is 0.298. The highest BCUT2D eigenvalue weighted by atomic mass is 16.5. The van der Waals surface area contributed by atoms with Gasteiger partial charge in [0.15, 0.2) is 0 Å². The van der Waals surface area contributed by atoms with Gasteiger partial charge in [-0.1, -0.05) is 153 Å². The van der Waals surface area contributed by atoms with Crippen LogP contribution in [0.25, 0.3) is 54.9 Å². The molecule has 0 fully saturated rings. The Labute approximate surface area is 371 Å². The van der Waals surface area contributed by atoms with Crippen LogP contribution in [0, 0.1) is 0 Å². The summed E-state index contributed by atoms with van der Waals surface area (Å²) >= 11 is 0. The van der Waals surface area contributed by atoms with Crippen LogP contribution in [-0.4, -0.2) is 36.6 Å². The minimum Gasteiger partial charge on any atom is -0.507 e. The van der Waals surface area contributed by atoms with Crippen molar-refractivity contribution in [2.24, 2.45) is 0 Å². The van der Waals surface area contributed by atoms with E-state index in [1.807, 2.05) is 84.9 Å². The van der Waals surface area contributed by atoms with E-state index in [0.29, 0.717) is 60.2 Å². The molecule has 0 saturated heterocycles. The third-order valence-electron chi connectivity index (χ3n) is 11.8. The fraction of sp³-hybridized carbons (Fsp3) is 0.429. The van der Waals surface area contributed by atoms with Crippen LogP contribution in [0.3, 0.4) is 0 Å². The molecule has 0 aromatic heterocycles. The quantitative estimate of drug-likeness (QED) is 0.0503. The third kappa shape index (κ3) is 12.0. The van der Waals surface area contributed by atoms with E-state index in [1.165, 1.54) is 25.7 Å². The van der Waals surface area contributed by atoms with E-state index >= 15 is 0 Å². The second-order valence-electron chi connectivity index (χ2n) is 16.7. The highest BCUT2D eigenvalue weighted by Crippen LogP contribution is 2.53. The van der Waals surface area contributed by atoms with Gasteiger partial charge in [0.05, 0.1) is 26.4 Å². The average molecular weight is 839 g/mol. The molecule has 0 bridgehead atoms. The van der Waals surface area contributed by atoms with Gasteiger partial charge in [-0.25, -0.2) is 0 Å². The number of hydrogen-bond acceptors (Lipinski definition) is 6. The van der Waals surface area contributed by atoms with Gasteiger partial charge < -0.3 is 29.2 Å². The molecule has 0 aliphatic carbocycles. The van der Waals surface area contributed by atoms with Crippen LogP contribution in [0.1, 0.15) is 130 Å². The number of ether oxygens (including phenoxy) is 4. The Kier molecular flexibility index (Phi) is 18.1. The molecule has 0 unspecified atom stereocenters. The molecular weight excluding hydrogens is 769 g/mol. The first-order valence-corrected chi connectivity index (χ1v) is 23.8. The van der Waals surface area contributed by atoms with Crippen LogP contribution in [-0.2, 0) is 0 Å². The molecule has 62 heavy (non-hydrogen) atoms. The summed E-state index contributed by atoms with van der Waals surface area (Å²) in [6, 6.07) is 32.1. The van der Waals surface area contributed by atoms with Gasteiger partial charge in [-0.2, -0.15) is 0 Å². The fourth-order valence-corrected chi connectivity index (χ4v) is 8.32. The molecule has 0 radical (unpaired) electrons. The molecule has 6 aromatic rings. The molecule has 6 heteroatoms. The zero-order chi connectivity index (χ0) is 43.5. The summed E-state index contributed by atoms with van der Waals surface area (Å²) in [5.41, 5.74) is 3.83. The number of benzene rings is 6. The summed E-state index contributed by atoms with van der Waals surface area (Å²) in [6.07, 6.45) is 17.6.